The molecule has 0 saturated carbocycles. The highest BCUT2D eigenvalue weighted by Gasteiger charge is 2.17. The van der Waals surface area contributed by atoms with Crippen LogP contribution in [-0.4, -0.2) is 50.1 Å². The average Bonchev–Trinajstić information content (AvgIpc) is 2.69. The highest BCUT2D eigenvalue weighted by molar-refractivity contribution is 6.05. The molecule has 2 aromatic carbocycles. The smallest absolute Gasteiger partial charge is 0.387 e. The van der Waals surface area contributed by atoms with Gasteiger partial charge in [-0.1, -0.05) is 13.0 Å². The van der Waals surface area contributed by atoms with Crippen molar-refractivity contribution in [3.63, 3.8) is 0 Å². The number of ether oxygens (including phenoxy) is 1. The monoisotopic (exact) mass is 389 g/mol. The highest BCUT2D eigenvalue weighted by atomic mass is 19.3. The molecule has 1 heterocycles. The van der Waals surface area contributed by atoms with E-state index in [2.05, 4.69) is 32.8 Å². The molecule has 1 aliphatic heterocycles. The normalized spacial score (nSPS) is 15.0. The van der Waals surface area contributed by atoms with Gasteiger partial charge in [0.25, 0.3) is 5.91 Å². The van der Waals surface area contributed by atoms with Gasteiger partial charge in [-0.25, -0.2) is 0 Å². The van der Waals surface area contributed by atoms with Gasteiger partial charge in [-0.3, -0.25) is 4.79 Å². The van der Waals surface area contributed by atoms with E-state index in [4.69, 9.17) is 0 Å². The van der Waals surface area contributed by atoms with E-state index in [1.165, 1.54) is 18.2 Å². The van der Waals surface area contributed by atoms with Crippen LogP contribution in [0.2, 0.25) is 0 Å². The lowest BCUT2D eigenvalue weighted by atomic mass is 10.1. The second kappa shape index (κ2) is 9.01. The van der Waals surface area contributed by atoms with Crippen molar-refractivity contribution in [3.05, 3.63) is 53.6 Å². The molecule has 7 heteroatoms. The van der Waals surface area contributed by atoms with Gasteiger partial charge in [-0.05, 0) is 55.4 Å². The minimum Gasteiger partial charge on any atom is -0.435 e. The van der Waals surface area contributed by atoms with E-state index in [9.17, 15) is 13.6 Å². The molecule has 1 N–H and O–H groups in total. The van der Waals surface area contributed by atoms with Crippen LogP contribution in [0, 0.1) is 6.92 Å². The van der Waals surface area contributed by atoms with Crippen LogP contribution >= 0.6 is 0 Å². The molecule has 2 aromatic rings. The maximum absolute atomic E-state index is 12.5. The molecule has 5 nitrogen and oxygen atoms in total. The zero-order valence-corrected chi connectivity index (χ0v) is 16.1. The molecule has 0 bridgehead atoms. The van der Waals surface area contributed by atoms with Crippen molar-refractivity contribution in [2.45, 2.75) is 20.5 Å². The first-order chi connectivity index (χ1) is 13.5. The summed E-state index contributed by atoms with van der Waals surface area (Å²) in [7, 11) is 0. The van der Waals surface area contributed by atoms with E-state index in [-0.39, 0.29) is 17.2 Å². The Morgan fingerprint density at radius 1 is 1.14 bits per heavy atom. The van der Waals surface area contributed by atoms with Gasteiger partial charge in [0.1, 0.15) is 5.75 Å². The molecule has 0 atom stereocenters. The van der Waals surface area contributed by atoms with E-state index in [0.29, 0.717) is 5.69 Å². The number of anilines is 2. The zero-order valence-electron chi connectivity index (χ0n) is 16.1. The molecular weight excluding hydrogens is 364 g/mol. The van der Waals surface area contributed by atoms with Crippen LogP contribution in [0.3, 0.4) is 0 Å². The first-order valence-corrected chi connectivity index (χ1v) is 9.40. The first kappa shape index (κ1) is 20.1. The molecule has 1 aliphatic rings. The summed E-state index contributed by atoms with van der Waals surface area (Å²) in [5.74, 6) is -0.409. The van der Waals surface area contributed by atoms with Crippen molar-refractivity contribution in [1.82, 2.24) is 4.90 Å². The Morgan fingerprint density at radius 2 is 1.89 bits per heavy atom. The van der Waals surface area contributed by atoms with E-state index < -0.39 is 6.61 Å². The highest BCUT2D eigenvalue weighted by Crippen LogP contribution is 2.25. The van der Waals surface area contributed by atoms with Gasteiger partial charge in [-0.15, -0.1) is 0 Å². The number of amides is 1. The van der Waals surface area contributed by atoms with E-state index in [1.54, 1.807) is 6.07 Å². The van der Waals surface area contributed by atoms with E-state index >= 15 is 0 Å². The Bertz CT molecular complexity index is 821. The summed E-state index contributed by atoms with van der Waals surface area (Å²) >= 11 is 0. The number of alkyl halides is 2. The standard InChI is InChI=1S/C21H25F2N3O2/c1-3-25-9-11-26(12-10-25)17-7-8-19(15(2)13-17)24-20(27)16-5-4-6-18(14-16)28-21(22)23/h4-8,13-14,21H,3,9-12H2,1-2H3,(H,24,27). The number of rotatable bonds is 6. The number of carbonyl (C=O) groups is 1. The number of carbonyl (C=O) groups excluding carboxylic acids is 1. The zero-order chi connectivity index (χ0) is 20.1. The third kappa shape index (κ3) is 4.98. The minimum absolute atomic E-state index is 0.0408. The summed E-state index contributed by atoms with van der Waals surface area (Å²) in [5.41, 5.74) is 3.04. The molecule has 0 spiro atoms. The number of piperazine rings is 1. The predicted octanol–water partition coefficient (Wildman–Crippen LogP) is 3.99. The van der Waals surface area contributed by atoms with Crippen LogP contribution in [0.4, 0.5) is 20.2 Å². The molecule has 150 valence electrons. The van der Waals surface area contributed by atoms with Crippen molar-refractivity contribution in [1.29, 1.82) is 0 Å². The molecule has 1 amide bonds. The lowest BCUT2D eigenvalue weighted by molar-refractivity contribution is -0.0498. The van der Waals surface area contributed by atoms with Gasteiger partial charge >= 0.3 is 6.61 Å². The van der Waals surface area contributed by atoms with E-state index in [1.807, 2.05) is 19.1 Å². The van der Waals surface area contributed by atoms with Crippen molar-refractivity contribution in [3.8, 4) is 5.75 Å². The molecule has 3 rings (SSSR count). The predicted molar refractivity (Wildman–Crippen MR) is 107 cm³/mol. The molecular formula is C21H25F2N3O2. The minimum atomic E-state index is -2.92. The Hall–Kier alpha value is -2.67. The number of nitrogens with one attached hydrogen (secondary N) is 1. The van der Waals surface area contributed by atoms with Crippen LogP contribution < -0.4 is 15.0 Å². The Labute approximate surface area is 163 Å². The van der Waals surface area contributed by atoms with E-state index in [0.717, 1.165) is 44.0 Å². The topological polar surface area (TPSA) is 44.8 Å². The molecule has 0 aromatic heterocycles. The second-order valence-electron chi connectivity index (χ2n) is 6.78. The van der Waals surface area contributed by atoms with Gasteiger partial charge in [0, 0.05) is 43.1 Å². The second-order valence-corrected chi connectivity index (χ2v) is 6.78. The Balaban J connectivity index is 1.67. The molecule has 0 radical (unpaired) electrons. The molecule has 1 fully saturated rings. The fraction of sp³-hybridized carbons (Fsp3) is 0.381. The molecule has 28 heavy (non-hydrogen) atoms. The van der Waals surface area contributed by atoms with Gasteiger partial charge < -0.3 is 19.9 Å². The molecule has 0 aliphatic carbocycles. The summed E-state index contributed by atoms with van der Waals surface area (Å²) in [6.07, 6.45) is 0. The van der Waals surface area contributed by atoms with Gasteiger partial charge in [0.05, 0.1) is 0 Å². The summed E-state index contributed by atoms with van der Waals surface area (Å²) in [4.78, 5) is 17.3. The summed E-state index contributed by atoms with van der Waals surface area (Å²) in [5, 5.41) is 2.84. The number of hydrogen-bond donors (Lipinski definition) is 1. The summed E-state index contributed by atoms with van der Waals surface area (Å²) < 4.78 is 29.1. The average molecular weight is 389 g/mol. The fourth-order valence-corrected chi connectivity index (χ4v) is 3.32. The number of halogens is 2. The van der Waals surface area contributed by atoms with Crippen LogP contribution in [0.15, 0.2) is 42.5 Å². The third-order valence-corrected chi connectivity index (χ3v) is 4.96. The molecule has 1 saturated heterocycles. The largest absolute Gasteiger partial charge is 0.435 e. The fourth-order valence-electron chi connectivity index (χ4n) is 3.32. The number of likely N-dealkylation sites (N-methyl/N-ethyl adjacent to an activating group) is 1. The maximum Gasteiger partial charge on any atom is 0.387 e. The number of hydrogen-bond acceptors (Lipinski definition) is 4. The van der Waals surface area contributed by atoms with Crippen LogP contribution in [0.1, 0.15) is 22.8 Å². The maximum atomic E-state index is 12.5. The molecule has 0 unspecified atom stereocenters. The number of nitrogens with zero attached hydrogens (tertiary/aromatic N) is 2. The Morgan fingerprint density at radius 3 is 2.54 bits per heavy atom. The van der Waals surface area contributed by atoms with Gasteiger partial charge in [0.2, 0.25) is 0 Å². The van der Waals surface area contributed by atoms with Gasteiger partial charge in [-0.2, -0.15) is 8.78 Å². The summed E-state index contributed by atoms with van der Waals surface area (Å²) in [6.45, 7) is 6.32. The SMILES string of the molecule is CCN1CCN(c2ccc(NC(=O)c3cccc(OC(F)F)c3)c(C)c2)CC1. The van der Waals surface area contributed by atoms with Crippen molar-refractivity contribution in [2.75, 3.05) is 42.9 Å². The van der Waals surface area contributed by atoms with Crippen molar-refractivity contribution >= 4 is 17.3 Å². The lowest BCUT2D eigenvalue weighted by Crippen LogP contribution is -2.46. The van der Waals surface area contributed by atoms with Crippen LogP contribution in [0.5, 0.6) is 5.75 Å². The number of aryl methyl sites for hydroxylation is 1. The van der Waals surface area contributed by atoms with Crippen molar-refractivity contribution < 1.29 is 18.3 Å². The Kier molecular flexibility index (Phi) is 6.46. The third-order valence-electron chi connectivity index (χ3n) is 4.96. The number of benzene rings is 2. The van der Waals surface area contributed by atoms with Crippen LogP contribution in [-0.2, 0) is 0 Å². The lowest BCUT2D eigenvalue weighted by Gasteiger charge is -2.35. The summed E-state index contributed by atoms with van der Waals surface area (Å²) in [6, 6.07) is 11.7. The van der Waals surface area contributed by atoms with Crippen LogP contribution in [0.25, 0.3) is 0 Å². The first-order valence-electron chi connectivity index (χ1n) is 9.40. The van der Waals surface area contributed by atoms with Gasteiger partial charge in [0.15, 0.2) is 0 Å². The quantitative estimate of drug-likeness (QED) is 0.811. The van der Waals surface area contributed by atoms with Crippen molar-refractivity contribution in [2.24, 2.45) is 0 Å².